The molecule has 0 aliphatic carbocycles. The van der Waals surface area contributed by atoms with Crippen LogP contribution in [0.3, 0.4) is 0 Å². The average molecular weight is 439 g/mol. The van der Waals surface area contributed by atoms with Gasteiger partial charge in [0.05, 0.1) is 20.5 Å². The van der Waals surface area contributed by atoms with Crippen LogP contribution in [0.1, 0.15) is 5.56 Å². The van der Waals surface area contributed by atoms with Crippen LogP contribution in [0, 0.1) is 6.92 Å². The molecule has 1 N–H and O–H groups in total. The maximum absolute atomic E-state index is 13.3. The van der Waals surface area contributed by atoms with Crippen LogP contribution in [0.4, 0.5) is 5.69 Å². The fourth-order valence-corrected chi connectivity index (χ4v) is 4.97. The number of fused-ring (bicyclic) bond motifs is 1. The molecule has 1 heterocycles. The van der Waals surface area contributed by atoms with Gasteiger partial charge in [0, 0.05) is 17.1 Å². The highest BCUT2D eigenvalue weighted by Crippen LogP contribution is 2.30. The summed E-state index contributed by atoms with van der Waals surface area (Å²) in [5, 5.41) is 3.78. The third-order valence-electron chi connectivity index (χ3n) is 4.83. The standard InChI is InChI=1S/C23H19ClN2O3S/c1-16-10-12-17(13-11-16)30(28,29)22-14-26(21-9-5-2-6-18(21)22)15-23(27)25-20-8-4-3-7-19(20)24/h2-14H,15H2,1H3,(H,25,27). The summed E-state index contributed by atoms with van der Waals surface area (Å²) in [7, 11) is -3.74. The predicted octanol–water partition coefficient (Wildman–Crippen LogP) is 5.07. The number of aryl methyl sites for hydroxylation is 1. The van der Waals surface area contributed by atoms with Crippen molar-refractivity contribution in [1.29, 1.82) is 0 Å². The van der Waals surface area contributed by atoms with Crippen LogP contribution < -0.4 is 5.32 Å². The largest absolute Gasteiger partial charge is 0.337 e. The Hall–Kier alpha value is -3.09. The molecule has 0 saturated heterocycles. The van der Waals surface area contributed by atoms with Gasteiger partial charge in [-0.1, -0.05) is 59.6 Å². The van der Waals surface area contributed by atoms with E-state index in [0.29, 0.717) is 21.6 Å². The van der Waals surface area contributed by atoms with Crippen molar-refractivity contribution in [1.82, 2.24) is 4.57 Å². The van der Waals surface area contributed by atoms with Crippen molar-refractivity contribution in [3.8, 4) is 0 Å². The molecule has 1 amide bonds. The lowest BCUT2D eigenvalue weighted by Gasteiger charge is -2.08. The summed E-state index contributed by atoms with van der Waals surface area (Å²) >= 11 is 6.11. The molecule has 4 aromatic rings. The fourth-order valence-electron chi connectivity index (χ4n) is 3.31. The molecule has 0 saturated carbocycles. The molecule has 0 aliphatic rings. The first-order valence-corrected chi connectivity index (χ1v) is 11.2. The van der Waals surface area contributed by atoms with Gasteiger partial charge in [-0.15, -0.1) is 0 Å². The molecule has 0 bridgehead atoms. The lowest BCUT2D eigenvalue weighted by atomic mass is 10.2. The van der Waals surface area contributed by atoms with Crippen molar-refractivity contribution >= 4 is 43.9 Å². The van der Waals surface area contributed by atoms with Crippen LogP contribution in [0.15, 0.2) is 88.8 Å². The Morgan fingerprint density at radius 2 is 1.63 bits per heavy atom. The van der Waals surface area contributed by atoms with Crippen molar-refractivity contribution in [2.75, 3.05) is 5.32 Å². The number of carbonyl (C=O) groups is 1. The van der Waals surface area contributed by atoms with E-state index in [1.54, 1.807) is 71.3 Å². The van der Waals surface area contributed by atoms with E-state index in [2.05, 4.69) is 5.32 Å². The van der Waals surface area contributed by atoms with Crippen LogP contribution >= 0.6 is 11.6 Å². The highest BCUT2D eigenvalue weighted by atomic mass is 35.5. The summed E-state index contributed by atoms with van der Waals surface area (Å²) in [6.07, 6.45) is 1.52. The van der Waals surface area contributed by atoms with E-state index in [4.69, 9.17) is 11.6 Å². The summed E-state index contributed by atoms with van der Waals surface area (Å²) in [6, 6.07) is 20.8. The smallest absolute Gasteiger partial charge is 0.244 e. The molecular weight excluding hydrogens is 420 g/mol. The summed E-state index contributed by atoms with van der Waals surface area (Å²) in [5.74, 6) is -0.303. The number of anilines is 1. The van der Waals surface area contributed by atoms with Crippen LogP contribution in [0.5, 0.6) is 0 Å². The van der Waals surface area contributed by atoms with E-state index in [1.807, 2.05) is 13.0 Å². The van der Waals surface area contributed by atoms with Gasteiger partial charge < -0.3 is 9.88 Å². The number of hydrogen-bond donors (Lipinski definition) is 1. The van der Waals surface area contributed by atoms with Crippen molar-refractivity contribution in [2.24, 2.45) is 0 Å². The zero-order valence-electron chi connectivity index (χ0n) is 16.2. The summed E-state index contributed by atoms with van der Waals surface area (Å²) in [6.45, 7) is 1.86. The molecule has 0 atom stereocenters. The van der Waals surface area contributed by atoms with Crippen LogP contribution in [-0.4, -0.2) is 18.9 Å². The van der Waals surface area contributed by atoms with Crippen molar-refractivity contribution in [3.63, 3.8) is 0 Å². The minimum atomic E-state index is -3.74. The fraction of sp³-hybridized carbons (Fsp3) is 0.0870. The number of para-hydroxylation sites is 2. The number of amides is 1. The molecule has 0 unspecified atom stereocenters. The van der Waals surface area contributed by atoms with Crippen LogP contribution in [0.2, 0.25) is 5.02 Å². The van der Waals surface area contributed by atoms with E-state index >= 15 is 0 Å². The lowest BCUT2D eigenvalue weighted by Crippen LogP contribution is -2.18. The van der Waals surface area contributed by atoms with Crippen LogP contribution in [0.25, 0.3) is 10.9 Å². The molecule has 4 rings (SSSR count). The quantitative estimate of drug-likeness (QED) is 0.472. The Morgan fingerprint density at radius 1 is 0.967 bits per heavy atom. The number of rotatable bonds is 5. The Kier molecular flexibility index (Phi) is 5.37. The highest BCUT2D eigenvalue weighted by molar-refractivity contribution is 7.91. The van der Waals surface area contributed by atoms with Crippen molar-refractivity contribution in [3.05, 3.63) is 89.6 Å². The van der Waals surface area contributed by atoms with Crippen molar-refractivity contribution in [2.45, 2.75) is 23.3 Å². The van der Waals surface area contributed by atoms with Gasteiger partial charge in [0.15, 0.2) is 0 Å². The van der Waals surface area contributed by atoms with Gasteiger partial charge >= 0.3 is 0 Å². The normalized spacial score (nSPS) is 11.5. The number of nitrogens with one attached hydrogen (secondary N) is 1. The number of sulfone groups is 1. The maximum atomic E-state index is 13.3. The summed E-state index contributed by atoms with van der Waals surface area (Å²) < 4.78 is 28.2. The van der Waals surface area contributed by atoms with Crippen LogP contribution in [-0.2, 0) is 21.2 Å². The Bertz CT molecular complexity index is 1340. The minimum absolute atomic E-state index is 0.0465. The molecular formula is C23H19ClN2O3S. The second-order valence-corrected chi connectivity index (χ2v) is 9.31. The van der Waals surface area contributed by atoms with Gasteiger partial charge in [-0.3, -0.25) is 4.79 Å². The molecule has 0 fully saturated rings. The maximum Gasteiger partial charge on any atom is 0.244 e. The first kappa shape index (κ1) is 20.2. The number of aromatic nitrogens is 1. The number of benzene rings is 3. The number of halogens is 1. The van der Waals surface area contributed by atoms with Gasteiger partial charge in [0.1, 0.15) is 6.54 Å². The zero-order chi connectivity index (χ0) is 21.3. The van der Waals surface area contributed by atoms with Gasteiger partial charge in [-0.2, -0.15) is 0 Å². The van der Waals surface area contributed by atoms with E-state index in [0.717, 1.165) is 5.56 Å². The van der Waals surface area contributed by atoms with Gasteiger partial charge in [0.2, 0.25) is 15.7 Å². The van der Waals surface area contributed by atoms with Gasteiger partial charge in [-0.05, 0) is 37.3 Å². The number of hydrogen-bond acceptors (Lipinski definition) is 3. The first-order valence-electron chi connectivity index (χ1n) is 9.30. The van der Waals surface area contributed by atoms with Gasteiger partial charge in [-0.25, -0.2) is 8.42 Å². The molecule has 7 heteroatoms. The predicted molar refractivity (Wildman–Crippen MR) is 119 cm³/mol. The molecule has 0 radical (unpaired) electrons. The molecule has 30 heavy (non-hydrogen) atoms. The van der Waals surface area contributed by atoms with Gasteiger partial charge in [0.25, 0.3) is 0 Å². The Balaban J connectivity index is 1.71. The minimum Gasteiger partial charge on any atom is -0.337 e. The molecule has 152 valence electrons. The molecule has 3 aromatic carbocycles. The topological polar surface area (TPSA) is 68.2 Å². The van der Waals surface area contributed by atoms with E-state index in [9.17, 15) is 13.2 Å². The molecule has 0 aliphatic heterocycles. The number of carbonyl (C=O) groups excluding carboxylic acids is 1. The second-order valence-electron chi connectivity index (χ2n) is 6.98. The second kappa shape index (κ2) is 7.97. The van der Waals surface area contributed by atoms with E-state index in [-0.39, 0.29) is 22.2 Å². The molecule has 1 aromatic heterocycles. The average Bonchev–Trinajstić information content (AvgIpc) is 3.09. The SMILES string of the molecule is Cc1ccc(S(=O)(=O)c2cn(CC(=O)Nc3ccccc3Cl)c3ccccc23)cc1. The van der Waals surface area contributed by atoms with E-state index < -0.39 is 9.84 Å². The third-order valence-corrected chi connectivity index (χ3v) is 6.96. The molecule has 0 spiro atoms. The van der Waals surface area contributed by atoms with E-state index in [1.165, 1.54) is 6.20 Å². The summed E-state index contributed by atoms with van der Waals surface area (Å²) in [4.78, 5) is 13.0. The third kappa shape index (κ3) is 3.84. The lowest BCUT2D eigenvalue weighted by molar-refractivity contribution is -0.116. The Morgan fingerprint density at radius 3 is 2.37 bits per heavy atom. The monoisotopic (exact) mass is 438 g/mol. The highest BCUT2D eigenvalue weighted by Gasteiger charge is 2.23. The number of nitrogens with zero attached hydrogens (tertiary/aromatic N) is 1. The first-order chi connectivity index (χ1) is 14.4. The van der Waals surface area contributed by atoms with Crippen molar-refractivity contribution < 1.29 is 13.2 Å². The Labute approximate surface area is 179 Å². The zero-order valence-corrected chi connectivity index (χ0v) is 17.7. The molecule has 5 nitrogen and oxygen atoms in total. The summed E-state index contributed by atoms with van der Waals surface area (Å²) in [5.41, 5.74) is 2.15.